The summed E-state index contributed by atoms with van der Waals surface area (Å²) in [6, 6.07) is 64.9. The molecule has 0 aliphatic heterocycles. The number of thiophene rings is 1. The Kier molecular flexibility index (Phi) is 5.89. The molecule has 0 radical (unpaired) electrons. The first kappa shape index (κ1) is 27.7. The summed E-state index contributed by atoms with van der Waals surface area (Å²) in [4.78, 5) is 0. The van der Waals surface area contributed by atoms with Crippen molar-refractivity contribution in [1.29, 1.82) is 0 Å². The highest BCUT2D eigenvalue weighted by Gasteiger charge is 2.22. The number of rotatable bonds is 3. The Bertz CT molecular complexity index is 3130. The lowest BCUT2D eigenvalue weighted by Gasteiger charge is -2.16. The van der Waals surface area contributed by atoms with E-state index >= 15 is 0 Å². The molecule has 2 heteroatoms. The summed E-state index contributed by atoms with van der Waals surface area (Å²) in [7, 11) is 0. The third-order valence-electron chi connectivity index (χ3n) is 10.6. The van der Waals surface area contributed by atoms with E-state index in [1.54, 1.807) is 0 Å². The lowest BCUT2D eigenvalue weighted by molar-refractivity contribution is 1.19. The van der Waals surface area contributed by atoms with Crippen LogP contribution < -0.4 is 0 Å². The number of benzene rings is 9. The number of fused-ring (bicyclic) bond motifs is 13. The minimum atomic E-state index is 1.16. The van der Waals surface area contributed by atoms with Crippen LogP contribution in [0, 0.1) is 0 Å². The summed E-state index contributed by atoms with van der Waals surface area (Å²) in [5.74, 6) is 0. The van der Waals surface area contributed by atoms with Crippen molar-refractivity contribution in [1.82, 2.24) is 4.57 Å². The lowest BCUT2D eigenvalue weighted by Crippen LogP contribution is -1.95. The Morgan fingerprint density at radius 2 is 0.940 bits per heavy atom. The van der Waals surface area contributed by atoms with E-state index in [1.807, 2.05) is 11.3 Å². The third kappa shape index (κ3) is 3.94. The average Bonchev–Trinajstić information content (AvgIpc) is 3.74. The first-order valence-corrected chi connectivity index (χ1v) is 18.0. The van der Waals surface area contributed by atoms with Crippen molar-refractivity contribution in [2.75, 3.05) is 0 Å². The summed E-state index contributed by atoms with van der Waals surface area (Å²) >= 11 is 1.87. The zero-order chi connectivity index (χ0) is 32.8. The second-order valence-corrected chi connectivity index (χ2v) is 14.3. The molecule has 2 aromatic heterocycles. The van der Waals surface area contributed by atoms with Crippen LogP contribution in [0.3, 0.4) is 0 Å². The van der Waals surface area contributed by atoms with Crippen LogP contribution in [-0.2, 0) is 0 Å². The van der Waals surface area contributed by atoms with Crippen LogP contribution in [0.1, 0.15) is 0 Å². The van der Waals surface area contributed by atoms with Crippen LogP contribution in [0.5, 0.6) is 0 Å². The molecule has 1 nitrogen and oxygen atoms in total. The van der Waals surface area contributed by atoms with Crippen LogP contribution >= 0.6 is 11.3 Å². The Labute approximate surface area is 292 Å². The van der Waals surface area contributed by atoms with E-state index in [9.17, 15) is 0 Å². The molecule has 0 amide bonds. The fourth-order valence-electron chi connectivity index (χ4n) is 8.36. The Balaban J connectivity index is 1.26. The van der Waals surface area contributed by atoms with Crippen LogP contribution in [0.2, 0.25) is 0 Å². The highest BCUT2D eigenvalue weighted by Crippen LogP contribution is 2.47. The maximum Gasteiger partial charge on any atom is 0.0626 e. The highest BCUT2D eigenvalue weighted by molar-refractivity contribution is 7.25. The van der Waals surface area contributed by atoms with Gasteiger partial charge in [-0.15, -0.1) is 11.3 Å². The Morgan fingerprint density at radius 3 is 1.76 bits per heavy atom. The number of hydrogen-bond acceptors (Lipinski definition) is 1. The number of para-hydroxylation sites is 1. The van der Waals surface area contributed by atoms with Crippen LogP contribution in [0.25, 0.3) is 102 Å². The lowest BCUT2D eigenvalue weighted by atomic mass is 9.88. The first-order valence-electron chi connectivity index (χ1n) is 17.2. The number of hydrogen-bond donors (Lipinski definition) is 0. The Morgan fingerprint density at radius 1 is 0.340 bits per heavy atom. The highest BCUT2D eigenvalue weighted by atomic mass is 32.1. The minimum absolute atomic E-state index is 1.16. The molecule has 0 bridgehead atoms. The molecule has 0 N–H and O–H groups in total. The molecule has 50 heavy (non-hydrogen) atoms. The van der Waals surface area contributed by atoms with Gasteiger partial charge in [0, 0.05) is 47.4 Å². The largest absolute Gasteiger partial charge is 0.309 e. The van der Waals surface area contributed by atoms with E-state index in [1.165, 1.54) is 96.5 Å². The quantitative estimate of drug-likeness (QED) is 0.168. The summed E-state index contributed by atoms with van der Waals surface area (Å²) < 4.78 is 5.15. The predicted molar refractivity (Wildman–Crippen MR) is 217 cm³/mol. The van der Waals surface area contributed by atoms with Crippen molar-refractivity contribution in [2.45, 2.75) is 0 Å². The van der Waals surface area contributed by atoms with E-state index in [-0.39, 0.29) is 0 Å². The molecule has 11 rings (SSSR count). The van der Waals surface area contributed by atoms with Gasteiger partial charge in [0.05, 0.1) is 11.0 Å². The van der Waals surface area contributed by atoms with Crippen molar-refractivity contribution in [3.8, 4) is 27.9 Å². The second-order valence-electron chi connectivity index (χ2n) is 13.2. The molecule has 2 heterocycles. The maximum absolute atomic E-state index is 2.49. The predicted octanol–water partition coefficient (Wildman–Crippen LogP) is 13.9. The zero-order valence-corrected chi connectivity index (χ0v) is 27.9. The second kappa shape index (κ2) is 10.6. The summed E-state index contributed by atoms with van der Waals surface area (Å²) in [5.41, 5.74) is 8.61. The van der Waals surface area contributed by atoms with Gasteiger partial charge in [0.2, 0.25) is 0 Å². The first-order chi connectivity index (χ1) is 24.8. The molecule has 0 fully saturated rings. The molecule has 11 aromatic rings. The molecule has 0 atom stereocenters. The summed E-state index contributed by atoms with van der Waals surface area (Å²) in [6.07, 6.45) is 0. The van der Waals surface area contributed by atoms with Gasteiger partial charge in [-0.05, 0) is 86.3 Å². The average molecular weight is 652 g/mol. The van der Waals surface area contributed by atoms with Crippen molar-refractivity contribution >= 4 is 85.6 Å². The molecule has 232 valence electrons. The molecular formula is C48H29NS. The molecule has 0 spiro atoms. The van der Waals surface area contributed by atoms with Gasteiger partial charge in [-0.3, -0.25) is 0 Å². The van der Waals surface area contributed by atoms with Gasteiger partial charge in [0.25, 0.3) is 0 Å². The van der Waals surface area contributed by atoms with Crippen molar-refractivity contribution in [3.63, 3.8) is 0 Å². The van der Waals surface area contributed by atoms with E-state index in [4.69, 9.17) is 0 Å². The van der Waals surface area contributed by atoms with E-state index < -0.39 is 0 Å². The minimum Gasteiger partial charge on any atom is -0.309 e. The molecule has 9 aromatic carbocycles. The van der Waals surface area contributed by atoms with Gasteiger partial charge in [-0.25, -0.2) is 0 Å². The smallest absolute Gasteiger partial charge is 0.0626 e. The third-order valence-corrected chi connectivity index (χ3v) is 11.7. The standard InChI is InChI=1S/C48H29NS/c1-2-12-30(13-3-1)31-22-25-33(26-23-31)49-43-20-10-8-19-39(43)47-46-37-17-6-4-14-34(37)40(29-42(46)35-15-5-7-18-38(35)48(47)49)32-24-27-45-41(28-32)36-16-9-11-21-44(36)50-45/h1-29H. The van der Waals surface area contributed by atoms with Crippen LogP contribution in [0.15, 0.2) is 176 Å². The summed E-state index contributed by atoms with van der Waals surface area (Å²) in [5, 5.41) is 12.9. The molecular weight excluding hydrogens is 623 g/mol. The summed E-state index contributed by atoms with van der Waals surface area (Å²) in [6.45, 7) is 0. The van der Waals surface area contributed by atoms with E-state index in [0.29, 0.717) is 0 Å². The van der Waals surface area contributed by atoms with Gasteiger partial charge in [-0.2, -0.15) is 0 Å². The molecule has 0 aliphatic carbocycles. The van der Waals surface area contributed by atoms with Crippen molar-refractivity contribution < 1.29 is 0 Å². The Hall–Kier alpha value is -6.22. The van der Waals surface area contributed by atoms with Crippen molar-refractivity contribution in [2.24, 2.45) is 0 Å². The van der Waals surface area contributed by atoms with Gasteiger partial charge in [0.15, 0.2) is 0 Å². The van der Waals surface area contributed by atoms with Gasteiger partial charge in [-0.1, -0.05) is 133 Å². The van der Waals surface area contributed by atoms with Crippen LogP contribution in [-0.4, -0.2) is 4.57 Å². The fraction of sp³-hybridized carbons (Fsp3) is 0. The fourth-order valence-corrected chi connectivity index (χ4v) is 9.45. The van der Waals surface area contributed by atoms with Crippen LogP contribution in [0.4, 0.5) is 0 Å². The number of aromatic nitrogens is 1. The topological polar surface area (TPSA) is 4.93 Å². The normalized spacial score (nSPS) is 12.0. The molecule has 0 unspecified atom stereocenters. The van der Waals surface area contributed by atoms with Gasteiger partial charge in [0.1, 0.15) is 0 Å². The SMILES string of the molecule is c1ccc(-c2ccc(-n3c4ccccc4c4c5c6ccccc6c(-c6ccc7sc8ccccc8c7c6)cc5c5ccccc5c43)cc2)cc1. The molecule has 0 saturated heterocycles. The molecule has 0 aliphatic rings. The maximum atomic E-state index is 2.49. The zero-order valence-electron chi connectivity index (χ0n) is 27.1. The van der Waals surface area contributed by atoms with E-state index in [2.05, 4.69) is 180 Å². The monoisotopic (exact) mass is 651 g/mol. The van der Waals surface area contributed by atoms with Gasteiger partial charge < -0.3 is 4.57 Å². The van der Waals surface area contributed by atoms with E-state index in [0.717, 1.165) is 5.69 Å². The van der Waals surface area contributed by atoms with Gasteiger partial charge >= 0.3 is 0 Å². The molecule has 0 saturated carbocycles. The number of nitrogens with zero attached hydrogens (tertiary/aromatic N) is 1. The van der Waals surface area contributed by atoms with Crippen molar-refractivity contribution in [3.05, 3.63) is 176 Å².